The van der Waals surface area contributed by atoms with Gasteiger partial charge < -0.3 is 15.3 Å². The largest absolute Gasteiger partial charge is 0.477 e. The molecule has 0 aliphatic carbocycles. The zero-order chi connectivity index (χ0) is 15.4. The SMILES string of the molecule is CNC(=O)C1CCN(C(=O)c2cccc(C(=O)O)n2)CC1. The molecule has 1 saturated heterocycles. The van der Waals surface area contributed by atoms with E-state index in [0.717, 1.165) is 0 Å². The lowest BCUT2D eigenvalue weighted by Crippen LogP contribution is -2.42. The zero-order valence-corrected chi connectivity index (χ0v) is 11.7. The van der Waals surface area contributed by atoms with Gasteiger partial charge >= 0.3 is 5.97 Å². The molecule has 2 rings (SSSR count). The lowest BCUT2D eigenvalue weighted by molar-refractivity contribution is -0.125. The molecule has 2 N–H and O–H groups in total. The van der Waals surface area contributed by atoms with Crippen LogP contribution < -0.4 is 5.32 Å². The second kappa shape index (κ2) is 6.34. The van der Waals surface area contributed by atoms with Crippen LogP contribution in [-0.2, 0) is 4.79 Å². The third kappa shape index (κ3) is 3.36. The fourth-order valence-corrected chi connectivity index (χ4v) is 2.38. The van der Waals surface area contributed by atoms with E-state index in [9.17, 15) is 14.4 Å². The van der Waals surface area contributed by atoms with E-state index < -0.39 is 5.97 Å². The third-order valence-electron chi connectivity index (χ3n) is 3.59. The Morgan fingerprint density at radius 3 is 2.43 bits per heavy atom. The van der Waals surface area contributed by atoms with Gasteiger partial charge in [-0.2, -0.15) is 0 Å². The van der Waals surface area contributed by atoms with Crippen LogP contribution in [0.2, 0.25) is 0 Å². The summed E-state index contributed by atoms with van der Waals surface area (Å²) in [7, 11) is 1.60. The number of piperidine rings is 1. The maximum Gasteiger partial charge on any atom is 0.354 e. The highest BCUT2D eigenvalue weighted by Gasteiger charge is 2.27. The minimum Gasteiger partial charge on any atom is -0.477 e. The average molecular weight is 291 g/mol. The molecule has 0 spiro atoms. The van der Waals surface area contributed by atoms with Crippen LogP contribution in [0.1, 0.15) is 33.8 Å². The third-order valence-corrected chi connectivity index (χ3v) is 3.59. The van der Waals surface area contributed by atoms with E-state index in [-0.39, 0.29) is 29.1 Å². The van der Waals surface area contributed by atoms with Crippen LogP contribution in [0.25, 0.3) is 0 Å². The Morgan fingerprint density at radius 1 is 1.24 bits per heavy atom. The minimum absolute atomic E-state index is 0.00639. The summed E-state index contributed by atoms with van der Waals surface area (Å²) < 4.78 is 0. The second-order valence-electron chi connectivity index (χ2n) is 4.89. The molecule has 1 fully saturated rings. The first-order chi connectivity index (χ1) is 10.0. The molecular weight excluding hydrogens is 274 g/mol. The first kappa shape index (κ1) is 15.0. The van der Waals surface area contributed by atoms with E-state index in [1.165, 1.54) is 18.2 Å². The normalized spacial score (nSPS) is 15.6. The number of amides is 2. The number of aromatic carboxylic acids is 1. The predicted molar refractivity (Wildman–Crippen MR) is 73.9 cm³/mol. The van der Waals surface area contributed by atoms with Crippen molar-refractivity contribution in [1.29, 1.82) is 0 Å². The van der Waals surface area contributed by atoms with E-state index in [1.54, 1.807) is 11.9 Å². The van der Waals surface area contributed by atoms with Crippen molar-refractivity contribution in [2.45, 2.75) is 12.8 Å². The molecule has 21 heavy (non-hydrogen) atoms. The Bertz CT molecular complexity index is 565. The lowest BCUT2D eigenvalue weighted by Gasteiger charge is -2.30. The van der Waals surface area contributed by atoms with Gasteiger partial charge in [0.2, 0.25) is 5.91 Å². The van der Waals surface area contributed by atoms with Gasteiger partial charge in [-0.05, 0) is 25.0 Å². The van der Waals surface area contributed by atoms with E-state index in [2.05, 4.69) is 10.3 Å². The summed E-state index contributed by atoms with van der Waals surface area (Å²) in [5.41, 5.74) is -0.0330. The molecule has 0 aromatic carbocycles. The number of nitrogens with one attached hydrogen (secondary N) is 1. The lowest BCUT2D eigenvalue weighted by atomic mass is 9.96. The molecule has 7 heteroatoms. The van der Waals surface area contributed by atoms with Gasteiger partial charge in [0.1, 0.15) is 11.4 Å². The minimum atomic E-state index is -1.16. The molecule has 2 heterocycles. The van der Waals surface area contributed by atoms with Gasteiger partial charge in [-0.1, -0.05) is 6.07 Å². The first-order valence-electron chi connectivity index (χ1n) is 6.74. The van der Waals surface area contributed by atoms with Gasteiger partial charge in [0.15, 0.2) is 0 Å². The molecule has 0 unspecified atom stereocenters. The van der Waals surface area contributed by atoms with Gasteiger partial charge in [-0.25, -0.2) is 9.78 Å². The molecule has 1 aliphatic rings. The summed E-state index contributed by atoms with van der Waals surface area (Å²) in [6.45, 7) is 0.936. The van der Waals surface area contributed by atoms with Crippen molar-refractivity contribution in [3.05, 3.63) is 29.6 Å². The summed E-state index contributed by atoms with van der Waals surface area (Å²) in [4.78, 5) is 40.2. The van der Waals surface area contributed by atoms with E-state index in [1.807, 2.05) is 0 Å². The van der Waals surface area contributed by atoms with Gasteiger partial charge in [0, 0.05) is 26.1 Å². The van der Waals surface area contributed by atoms with Crippen molar-refractivity contribution in [3.63, 3.8) is 0 Å². The van der Waals surface area contributed by atoms with E-state index >= 15 is 0 Å². The summed E-state index contributed by atoms with van der Waals surface area (Å²) in [6, 6.07) is 4.34. The standard InChI is InChI=1S/C14H17N3O4/c1-15-12(18)9-5-7-17(8-6-9)13(19)10-3-2-4-11(16-10)14(20)21/h2-4,9H,5-8H2,1H3,(H,15,18)(H,20,21). The monoisotopic (exact) mass is 291 g/mol. The maximum absolute atomic E-state index is 12.3. The average Bonchev–Trinajstić information content (AvgIpc) is 2.53. The fraction of sp³-hybridized carbons (Fsp3) is 0.429. The molecule has 1 aliphatic heterocycles. The number of pyridine rings is 1. The van der Waals surface area contributed by atoms with Crippen LogP contribution in [-0.4, -0.2) is 52.9 Å². The van der Waals surface area contributed by atoms with Crippen LogP contribution in [0.5, 0.6) is 0 Å². The second-order valence-corrected chi connectivity index (χ2v) is 4.89. The highest BCUT2D eigenvalue weighted by atomic mass is 16.4. The number of hydrogen-bond donors (Lipinski definition) is 2. The number of carboxylic acids is 1. The number of nitrogens with zero attached hydrogens (tertiary/aromatic N) is 2. The van der Waals surface area contributed by atoms with Gasteiger partial charge in [0.05, 0.1) is 0 Å². The molecule has 1 aromatic heterocycles. The number of hydrogen-bond acceptors (Lipinski definition) is 4. The van der Waals surface area contributed by atoms with Crippen LogP contribution in [0, 0.1) is 5.92 Å². The highest BCUT2D eigenvalue weighted by Crippen LogP contribution is 2.18. The van der Waals surface area contributed by atoms with Crippen molar-refractivity contribution in [3.8, 4) is 0 Å². The van der Waals surface area contributed by atoms with Crippen molar-refractivity contribution in [2.75, 3.05) is 20.1 Å². The maximum atomic E-state index is 12.3. The van der Waals surface area contributed by atoms with Crippen LogP contribution in [0.3, 0.4) is 0 Å². The van der Waals surface area contributed by atoms with Gasteiger partial charge in [0.25, 0.3) is 5.91 Å². The zero-order valence-electron chi connectivity index (χ0n) is 11.7. The molecule has 0 radical (unpaired) electrons. The molecule has 0 saturated carbocycles. The van der Waals surface area contributed by atoms with E-state index in [0.29, 0.717) is 25.9 Å². The Hall–Kier alpha value is -2.44. The number of carbonyl (C=O) groups is 3. The summed E-state index contributed by atoms with van der Waals surface area (Å²) in [5.74, 6) is -1.54. The van der Waals surface area contributed by atoms with Crippen LogP contribution in [0.15, 0.2) is 18.2 Å². The molecule has 0 bridgehead atoms. The van der Waals surface area contributed by atoms with Crippen LogP contribution >= 0.6 is 0 Å². The Kier molecular flexibility index (Phi) is 4.52. The van der Waals surface area contributed by atoms with Crippen molar-refractivity contribution < 1.29 is 19.5 Å². The summed E-state index contributed by atoms with van der Waals surface area (Å²) >= 11 is 0. The van der Waals surface area contributed by atoms with E-state index in [4.69, 9.17) is 5.11 Å². The van der Waals surface area contributed by atoms with Crippen molar-refractivity contribution in [1.82, 2.24) is 15.2 Å². The predicted octanol–water partition coefficient (Wildman–Crippen LogP) is 0.378. The molecule has 1 aromatic rings. The number of likely N-dealkylation sites (tertiary alicyclic amines) is 1. The summed E-state index contributed by atoms with van der Waals surface area (Å²) in [6.07, 6.45) is 1.20. The fourth-order valence-electron chi connectivity index (χ4n) is 2.38. The number of carbonyl (C=O) groups excluding carboxylic acids is 2. The van der Waals surface area contributed by atoms with Crippen molar-refractivity contribution >= 4 is 17.8 Å². The molecule has 0 atom stereocenters. The smallest absolute Gasteiger partial charge is 0.354 e. The van der Waals surface area contributed by atoms with Gasteiger partial charge in [-0.15, -0.1) is 0 Å². The van der Waals surface area contributed by atoms with Crippen molar-refractivity contribution in [2.24, 2.45) is 5.92 Å². The molecule has 112 valence electrons. The topological polar surface area (TPSA) is 99.6 Å². The summed E-state index contributed by atoms with van der Waals surface area (Å²) in [5, 5.41) is 11.5. The Balaban J connectivity index is 2.03. The number of carboxylic acid groups (broad SMARTS) is 1. The Labute approximate surface area is 122 Å². The number of aromatic nitrogens is 1. The molecule has 2 amide bonds. The quantitative estimate of drug-likeness (QED) is 0.838. The molecular formula is C14H17N3O4. The Morgan fingerprint density at radius 2 is 1.86 bits per heavy atom. The number of rotatable bonds is 3. The van der Waals surface area contributed by atoms with Gasteiger partial charge in [-0.3, -0.25) is 9.59 Å². The first-order valence-corrected chi connectivity index (χ1v) is 6.74. The molecule has 7 nitrogen and oxygen atoms in total. The van der Waals surface area contributed by atoms with Crippen LogP contribution in [0.4, 0.5) is 0 Å². The highest BCUT2D eigenvalue weighted by molar-refractivity contribution is 5.94.